The molecule has 100 valence electrons. The molecular formula is C15H18ClN3. The predicted molar refractivity (Wildman–Crippen MR) is 77.1 cm³/mol. The van der Waals surface area contributed by atoms with Crippen molar-refractivity contribution >= 4 is 11.6 Å². The molecule has 0 saturated heterocycles. The first-order valence-corrected chi connectivity index (χ1v) is 6.94. The summed E-state index contributed by atoms with van der Waals surface area (Å²) in [6.45, 7) is 5.39. The Kier molecular flexibility index (Phi) is 3.11. The topological polar surface area (TPSA) is 40.7 Å². The number of rotatable bonds is 3. The quantitative estimate of drug-likeness (QED) is 0.900. The van der Waals surface area contributed by atoms with Crippen LogP contribution < -0.4 is 5.32 Å². The lowest BCUT2D eigenvalue weighted by Crippen LogP contribution is -2.30. The van der Waals surface area contributed by atoms with Gasteiger partial charge in [-0.3, -0.25) is 5.10 Å². The second-order valence-corrected chi connectivity index (χ2v) is 6.34. The minimum atomic E-state index is 0.201. The van der Waals surface area contributed by atoms with Crippen LogP contribution >= 0.6 is 11.6 Å². The molecule has 2 N–H and O–H groups in total. The van der Waals surface area contributed by atoms with Crippen LogP contribution in [0.1, 0.15) is 36.7 Å². The summed E-state index contributed by atoms with van der Waals surface area (Å²) < 4.78 is 0. The number of aromatic nitrogens is 2. The monoisotopic (exact) mass is 275 g/mol. The lowest BCUT2D eigenvalue weighted by Gasteiger charge is -2.28. The minimum Gasteiger partial charge on any atom is -0.304 e. The highest BCUT2D eigenvalue weighted by atomic mass is 35.5. The van der Waals surface area contributed by atoms with Gasteiger partial charge in [0.05, 0.1) is 0 Å². The van der Waals surface area contributed by atoms with Crippen molar-refractivity contribution in [2.75, 3.05) is 0 Å². The fraction of sp³-hybridized carbons (Fsp3) is 0.400. The fourth-order valence-corrected chi connectivity index (χ4v) is 3.17. The van der Waals surface area contributed by atoms with Gasteiger partial charge in [-0.1, -0.05) is 31.5 Å². The van der Waals surface area contributed by atoms with Gasteiger partial charge in [-0.25, -0.2) is 0 Å². The van der Waals surface area contributed by atoms with Crippen molar-refractivity contribution in [1.29, 1.82) is 0 Å². The summed E-state index contributed by atoms with van der Waals surface area (Å²) in [5.74, 6) is 0. The maximum Gasteiger partial charge on any atom is 0.0490 e. The van der Waals surface area contributed by atoms with E-state index in [2.05, 4.69) is 41.5 Å². The van der Waals surface area contributed by atoms with E-state index in [1.54, 1.807) is 6.20 Å². The third-order valence-corrected chi connectivity index (χ3v) is 4.14. The van der Waals surface area contributed by atoms with Gasteiger partial charge in [-0.15, -0.1) is 0 Å². The van der Waals surface area contributed by atoms with Gasteiger partial charge in [0.1, 0.15) is 0 Å². The Hall–Kier alpha value is -1.32. The molecule has 1 unspecified atom stereocenters. The van der Waals surface area contributed by atoms with Gasteiger partial charge < -0.3 is 5.32 Å². The van der Waals surface area contributed by atoms with E-state index in [-0.39, 0.29) is 5.41 Å². The van der Waals surface area contributed by atoms with Crippen molar-refractivity contribution in [3.63, 3.8) is 0 Å². The second kappa shape index (κ2) is 4.66. The third-order valence-electron chi connectivity index (χ3n) is 3.90. The molecule has 1 aromatic heterocycles. The summed E-state index contributed by atoms with van der Waals surface area (Å²) in [7, 11) is 0. The average Bonchev–Trinajstić information content (AvgIpc) is 2.92. The number of nitrogens with one attached hydrogen (secondary N) is 2. The highest BCUT2D eigenvalue weighted by Gasteiger charge is 2.38. The summed E-state index contributed by atoms with van der Waals surface area (Å²) >= 11 is 6.14. The molecular weight excluding hydrogens is 258 g/mol. The van der Waals surface area contributed by atoms with Crippen LogP contribution in [0.5, 0.6) is 0 Å². The first kappa shape index (κ1) is 12.7. The molecule has 0 bridgehead atoms. The lowest BCUT2D eigenvalue weighted by atomic mass is 9.85. The van der Waals surface area contributed by atoms with Gasteiger partial charge in [0, 0.05) is 29.5 Å². The maximum absolute atomic E-state index is 6.14. The van der Waals surface area contributed by atoms with Crippen molar-refractivity contribution in [2.45, 2.75) is 32.9 Å². The Balaban J connectivity index is 1.85. The van der Waals surface area contributed by atoms with E-state index in [1.165, 1.54) is 11.1 Å². The highest BCUT2D eigenvalue weighted by molar-refractivity contribution is 6.30. The molecule has 0 fully saturated rings. The van der Waals surface area contributed by atoms with Crippen LogP contribution in [0.15, 0.2) is 30.5 Å². The number of nitrogens with zero attached hydrogens (tertiary/aromatic N) is 1. The van der Waals surface area contributed by atoms with Crippen LogP contribution in [0, 0.1) is 5.41 Å². The van der Waals surface area contributed by atoms with E-state index in [4.69, 9.17) is 11.6 Å². The van der Waals surface area contributed by atoms with Crippen molar-refractivity contribution in [3.8, 4) is 0 Å². The van der Waals surface area contributed by atoms with Crippen molar-refractivity contribution in [2.24, 2.45) is 5.41 Å². The fourth-order valence-electron chi connectivity index (χ4n) is 2.99. The molecule has 1 aliphatic rings. The zero-order chi connectivity index (χ0) is 13.5. The van der Waals surface area contributed by atoms with E-state index in [0.717, 1.165) is 23.7 Å². The molecule has 0 saturated carbocycles. The number of aromatic amines is 1. The van der Waals surface area contributed by atoms with Gasteiger partial charge in [0.25, 0.3) is 0 Å². The molecule has 1 aromatic carbocycles. The van der Waals surface area contributed by atoms with Crippen molar-refractivity contribution < 1.29 is 0 Å². The SMILES string of the molecule is CC1(C)Cc2ccc(Cl)cc2C1NCc1ccn[nH]1. The van der Waals surface area contributed by atoms with Gasteiger partial charge in [-0.05, 0) is 41.2 Å². The molecule has 19 heavy (non-hydrogen) atoms. The summed E-state index contributed by atoms with van der Waals surface area (Å²) in [5, 5.41) is 11.4. The molecule has 2 aromatic rings. The normalized spacial score (nSPS) is 20.5. The van der Waals surface area contributed by atoms with Crippen LogP contribution in [0.4, 0.5) is 0 Å². The van der Waals surface area contributed by atoms with Gasteiger partial charge >= 0.3 is 0 Å². The summed E-state index contributed by atoms with van der Waals surface area (Å²) in [5.41, 5.74) is 4.03. The molecule has 1 aliphatic carbocycles. The van der Waals surface area contributed by atoms with E-state index >= 15 is 0 Å². The Morgan fingerprint density at radius 1 is 1.42 bits per heavy atom. The largest absolute Gasteiger partial charge is 0.304 e. The molecule has 1 heterocycles. The summed E-state index contributed by atoms with van der Waals surface area (Å²) in [6, 6.07) is 8.54. The van der Waals surface area contributed by atoms with Crippen molar-refractivity contribution in [1.82, 2.24) is 15.5 Å². The highest BCUT2D eigenvalue weighted by Crippen LogP contribution is 2.45. The Bertz CT molecular complexity index is 575. The third kappa shape index (κ3) is 2.40. The smallest absolute Gasteiger partial charge is 0.0490 e. The Morgan fingerprint density at radius 3 is 3.00 bits per heavy atom. The Labute approximate surface area is 118 Å². The number of halogens is 1. The van der Waals surface area contributed by atoms with Gasteiger partial charge in [0.15, 0.2) is 0 Å². The van der Waals surface area contributed by atoms with Gasteiger partial charge in [0.2, 0.25) is 0 Å². The molecule has 0 spiro atoms. The number of benzene rings is 1. The Morgan fingerprint density at radius 2 is 2.26 bits per heavy atom. The standard InChI is InChI=1S/C15H18ClN3/c1-15(2)8-10-3-4-11(16)7-13(10)14(15)17-9-12-5-6-18-19-12/h3-7,14,17H,8-9H2,1-2H3,(H,18,19). The zero-order valence-corrected chi connectivity index (χ0v) is 12.0. The van der Waals surface area contributed by atoms with E-state index < -0.39 is 0 Å². The first-order chi connectivity index (χ1) is 9.06. The van der Waals surface area contributed by atoms with Crippen molar-refractivity contribution in [3.05, 3.63) is 52.3 Å². The van der Waals surface area contributed by atoms with E-state index in [1.807, 2.05) is 12.1 Å². The molecule has 0 radical (unpaired) electrons. The number of H-pyrrole nitrogens is 1. The summed E-state index contributed by atoms with van der Waals surface area (Å²) in [4.78, 5) is 0. The van der Waals surface area contributed by atoms with E-state index in [0.29, 0.717) is 6.04 Å². The summed E-state index contributed by atoms with van der Waals surface area (Å²) in [6.07, 6.45) is 2.86. The molecule has 3 rings (SSSR count). The molecule has 0 aliphatic heterocycles. The number of hydrogen-bond donors (Lipinski definition) is 2. The predicted octanol–water partition coefficient (Wildman–Crippen LogP) is 3.48. The molecule has 4 heteroatoms. The molecule has 0 amide bonds. The van der Waals surface area contributed by atoms with Crippen LogP contribution in [0.25, 0.3) is 0 Å². The zero-order valence-electron chi connectivity index (χ0n) is 11.2. The van der Waals surface area contributed by atoms with Gasteiger partial charge in [-0.2, -0.15) is 5.10 Å². The average molecular weight is 276 g/mol. The van der Waals surface area contributed by atoms with Crippen LogP contribution in [0.3, 0.4) is 0 Å². The van der Waals surface area contributed by atoms with Crippen LogP contribution in [-0.2, 0) is 13.0 Å². The number of fused-ring (bicyclic) bond motifs is 1. The molecule has 3 nitrogen and oxygen atoms in total. The lowest BCUT2D eigenvalue weighted by molar-refractivity contribution is 0.267. The minimum absolute atomic E-state index is 0.201. The number of hydrogen-bond acceptors (Lipinski definition) is 2. The van der Waals surface area contributed by atoms with Crippen LogP contribution in [0.2, 0.25) is 5.02 Å². The van der Waals surface area contributed by atoms with E-state index in [9.17, 15) is 0 Å². The molecule has 1 atom stereocenters. The van der Waals surface area contributed by atoms with Crippen LogP contribution in [-0.4, -0.2) is 10.2 Å². The maximum atomic E-state index is 6.14. The second-order valence-electron chi connectivity index (χ2n) is 5.90. The first-order valence-electron chi connectivity index (χ1n) is 6.56.